The number of nitrogens with zero attached hydrogens (tertiary/aromatic N) is 1. The minimum Gasteiger partial charge on any atom is -0.505 e. The van der Waals surface area contributed by atoms with Gasteiger partial charge in [0.1, 0.15) is 17.9 Å². The molecule has 0 spiro atoms. The van der Waals surface area contributed by atoms with Crippen LogP contribution in [0.15, 0.2) is 42.6 Å². The van der Waals surface area contributed by atoms with E-state index in [2.05, 4.69) is 10.3 Å². The highest BCUT2D eigenvalue weighted by Crippen LogP contribution is 2.36. The van der Waals surface area contributed by atoms with E-state index in [-0.39, 0.29) is 24.8 Å². The summed E-state index contributed by atoms with van der Waals surface area (Å²) in [6.45, 7) is 1.92. The smallest absolute Gasteiger partial charge is 0.420 e. The predicted octanol–water partition coefficient (Wildman–Crippen LogP) is 4.44. The van der Waals surface area contributed by atoms with E-state index in [0.717, 1.165) is 17.8 Å². The van der Waals surface area contributed by atoms with Gasteiger partial charge >= 0.3 is 12.3 Å². The molecule has 0 saturated carbocycles. The third kappa shape index (κ3) is 6.47. The van der Waals surface area contributed by atoms with Crippen LogP contribution in [0.2, 0.25) is 0 Å². The Morgan fingerprint density at radius 2 is 1.96 bits per heavy atom. The zero-order chi connectivity index (χ0) is 19.9. The van der Waals surface area contributed by atoms with Crippen LogP contribution in [0.25, 0.3) is 0 Å². The fourth-order valence-corrected chi connectivity index (χ4v) is 2.52. The number of aromatic nitrogens is 1. The summed E-state index contributed by atoms with van der Waals surface area (Å²) in [5, 5.41) is 12.4. The van der Waals surface area contributed by atoms with E-state index >= 15 is 0 Å². The summed E-state index contributed by atoms with van der Waals surface area (Å²) >= 11 is 0. The van der Waals surface area contributed by atoms with Crippen molar-refractivity contribution in [3.05, 3.63) is 59.4 Å². The van der Waals surface area contributed by atoms with Crippen LogP contribution in [-0.4, -0.2) is 22.2 Å². The molecule has 0 radical (unpaired) electrons. The number of alkyl halides is 3. The first kappa shape index (κ1) is 20.5. The van der Waals surface area contributed by atoms with Gasteiger partial charge in [0.15, 0.2) is 0 Å². The molecule has 2 rings (SSSR count). The van der Waals surface area contributed by atoms with Gasteiger partial charge in [0.05, 0.1) is 5.69 Å². The second kappa shape index (κ2) is 9.25. The van der Waals surface area contributed by atoms with Crippen molar-refractivity contribution in [2.75, 3.05) is 0 Å². The Morgan fingerprint density at radius 3 is 2.63 bits per heavy atom. The Balaban J connectivity index is 1.76. The molecule has 0 aliphatic rings. The zero-order valence-corrected chi connectivity index (χ0v) is 14.8. The maximum atomic E-state index is 12.8. The molecule has 0 fully saturated rings. The minimum atomic E-state index is -4.63. The van der Waals surface area contributed by atoms with Crippen molar-refractivity contribution in [2.45, 2.75) is 45.0 Å². The van der Waals surface area contributed by atoms with Gasteiger partial charge in [0, 0.05) is 12.2 Å². The van der Waals surface area contributed by atoms with Crippen molar-refractivity contribution in [3.63, 3.8) is 0 Å². The van der Waals surface area contributed by atoms with Gasteiger partial charge in [0.25, 0.3) is 0 Å². The summed E-state index contributed by atoms with van der Waals surface area (Å²) < 4.78 is 43.4. The molecule has 2 N–H and O–H groups in total. The lowest BCUT2D eigenvalue weighted by Crippen LogP contribution is -2.33. The number of pyridine rings is 1. The van der Waals surface area contributed by atoms with Crippen LogP contribution in [0.4, 0.5) is 18.0 Å². The van der Waals surface area contributed by atoms with E-state index in [9.17, 15) is 23.1 Å². The molecule has 1 amide bonds. The van der Waals surface area contributed by atoms with Gasteiger partial charge in [-0.1, -0.05) is 30.3 Å². The summed E-state index contributed by atoms with van der Waals surface area (Å²) in [4.78, 5) is 15.6. The molecule has 0 aliphatic heterocycles. The Labute approximate surface area is 155 Å². The molecule has 8 heteroatoms. The normalized spacial score (nSPS) is 12.4. The minimum absolute atomic E-state index is 0.0105. The van der Waals surface area contributed by atoms with Crippen LogP contribution in [-0.2, 0) is 23.9 Å². The molecule has 1 aromatic heterocycles. The van der Waals surface area contributed by atoms with E-state index in [1.165, 1.54) is 0 Å². The van der Waals surface area contributed by atoms with Gasteiger partial charge in [-0.2, -0.15) is 13.2 Å². The van der Waals surface area contributed by atoms with Crippen molar-refractivity contribution in [3.8, 4) is 5.75 Å². The quantitative estimate of drug-likeness (QED) is 0.743. The van der Waals surface area contributed by atoms with E-state index in [4.69, 9.17) is 4.74 Å². The highest BCUT2D eigenvalue weighted by atomic mass is 19.4. The molecule has 1 aromatic carbocycles. The number of alkyl carbamates (subject to hydrolysis) is 1. The van der Waals surface area contributed by atoms with Crippen molar-refractivity contribution < 1.29 is 27.8 Å². The van der Waals surface area contributed by atoms with E-state index in [0.29, 0.717) is 12.8 Å². The first-order chi connectivity index (χ1) is 12.8. The molecule has 146 valence electrons. The molecule has 1 heterocycles. The van der Waals surface area contributed by atoms with Crippen LogP contribution in [0.5, 0.6) is 5.75 Å². The molecule has 5 nitrogen and oxygen atoms in total. The molecule has 27 heavy (non-hydrogen) atoms. The Bertz CT molecular complexity index is 752. The van der Waals surface area contributed by atoms with Gasteiger partial charge in [-0.25, -0.2) is 4.79 Å². The molecule has 0 bridgehead atoms. The van der Waals surface area contributed by atoms with Gasteiger partial charge in [0.2, 0.25) is 0 Å². The second-order valence-electron chi connectivity index (χ2n) is 6.15. The zero-order valence-electron chi connectivity index (χ0n) is 14.8. The summed E-state index contributed by atoms with van der Waals surface area (Å²) in [7, 11) is 0. The van der Waals surface area contributed by atoms with Crippen molar-refractivity contribution in [2.24, 2.45) is 0 Å². The van der Waals surface area contributed by atoms with Crippen molar-refractivity contribution in [1.29, 1.82) is 0 Å². The first-order valence-corrected chi connectivity index (χ1v) is 8.48. The molecule has 0 aliphatic carbocycles. The summed E-state index contributed by atoms with van der Waals surface area (Å²) in [6, 6.07) is 9.74. The fraction of sp³-hybridized carbons (Fsp3) is 0.368. The predicted molar refractivity (Wildman–Crippen MR) is 93.1 cm³/mol. The summed E-state index contributed by atoms with van der Waals surface area (Å²) in [5.74, 6) is -0.840. The summed E-state index contributed by atoms with van der Waals surface area (Å²) in [5.41, 5.74) is -0.238. The average molecular weight is 382 g/mol. The van der Waals surface area contributed by atoms with Crippen LogP contribution < -0.4 is 5.32 Å². The van der Waals surface area contributed by atoms with Gasteiger partial charge in [-0.3, -0.25) is 4.98 Å². The highest BCUT2D eigenvalue weighted by Gasteiger charge is 2.34. The van der Waals surface area contributed by atoms with Gasteiger partial charge in [-0.15, -0.1) is 0 Å². The third-order valence-electron chi connectivity index (χ3n) is 3.93. The van der Waals surface area contributed by atoms with Crippen LogP contribution in [0.3, 0.4) is 0 Å². The lowest BCUT2D eigenvalue weighted by molar-refractivity contribution is -0.138. The molecule has 2 aromatic rings. The number of carbonyl (C=O) groups excluding carboxylic acids is 1. The maximum absolute atomic E-state index is 12.8. The number of hydrogen-bond acceptors (Lipinski definition) is 4. The van der Waals surface area contributed by atoms with Crippen molar-refractivity contribution >= 4 is 6.09 Å². The standard InChI is InChI=1S/C19H21F3N2O3/c1-13(24-18(26)27-12-14-7-3-2-4-8-14)6-5-9-16-17(25)15(10-11-23-16)19(20,21)22/h2-4,7-8,10-11,13,25H,5-6,9,12H2,1H3,(H,24,26). The molecule has 0 saturated heterocycles. The van der Waals surface area contributed by atoms with Crippen LogP contribution >= 0.6 is 0 Å². The third-order valence-corrected chi connectivity index (χ3v) is 3.93. The summed E-state index contributed by atoms with van der Waals surface area (Å²) in [6.07, 6.45) is -3.05. The average Bonchev–Trinajstić information content (AvgIpc) is 2.61. The highest BCUT2D eigenvalue weighted by molar-refractivity contribution is 5.67. The van der Waals surface area contributed by atoms with Crippen LogP contribution in [0, 0.1) is 0 Å². The number of ether oxygens (including phenoxy) is 1. The number of aromatic hydroxyl groups is 1. The Morgan fingerprint density at radius 1 is 1.26 bits per heavy atom. The Hall–Kier alpha value is -2.77. The number of aryl methyl sites for hydroxylation is 1. The van der Waals surface area contributed by atoms with Crippen LogP contribution in [0.1, 0.15) is 36.6 Å². The van der Waals surface area contributed by atoms with E-state index < -0.39 is 23.6 Å². The molecule has 1 unspecified atom stereocenters. The monoisotopic (exact) mass is 382 g/mol. The topological polar surface area (TPSA) is 71.5 Å². The number of hydrogen-bond donors (Lipinski definition) is 2. The second-order valence-corrected chi connectivity index (χ2v) is 6.15. The van der Waals surface area contributed by atoms with Gasteiger partial charge in [-0.05, 0) is 37.8 Å². The lowest BCUT2D eigenvalue weighted by Gasteiger charge is -2.15. The number of rotatable bonds is 7. The SMILES string of the molecule is CC(CCCc1nccc(C(F)(F)F)c1O)NC(=O)OCc1ccccc1. The van der Waals surface area contributed by atoms with Crippen molar-refractivity contribution in [1.82, 2.24) is 10.3 Å². The van der Waals surface area contributed by atoms with Gasteiger partial charge < -0.3 is 15.2 Å². The number of benzene rings is 1. The lowest BCUT2D eigenvalue weighted by atomic mass is 10.1. The molecular weight excluding hydrogens is 361 g/mol. The maximum Gasteiger partial charge on any atom is 0.420 e. The number of amides is 1. The van der Waals surface area contributed by atoms with E-state index in [1.807, 2.05) is 30.3 Å². The molecule has 1 atom stereocenters. The fourth-order valence-electron chi connectivity index (χ4n) is 2.52. The number of halogens is 3. The number of carbonyl (C=O) groups is 1. The first-order valence-electron chi connectivity index (χ1n) is 8.48. The Kier molecular flexibility index (Phi) is 7.04. The van der Waals surface area contributed by atoms with E-state index in [1.54, 1.807) is 6.92 Å². The largest absolute Gasteiger partial charge is 0.505 e. The molecular formula is C19H21F3N2O3. The number of nitrogens with one attached hydrogen (secondary N) is 1.